The van der Waals surface area contributed by atoms with Crippen LogP contribution < -0.4 is 5.32 Å². The summed E-state index contributed by atoms with van der Waals surface area (Å²) in [5, 5.41) is 15.8. The molecule has 1 aromatic carbocycles. The predicted molar refractivity (Wildman–Crippen MR) is 91.9 cm³/mol. The lowest BCUT2D eigenvalue weighted by molar-refractivity contribution is -0.384. The van der Waals surface area contributed by atoms with Crippen molar-refractivity contribution in [3.63, 3.8) is 0 Å². The lowest BCUT2D eigenvalue weighted by Gasteiger charge is -2.16. The fourth-order valence-electron chi connectivity index (χ4n) is 2.26. The zero-order valence-corrected chi connectivity index (χ0v) is 14.1. The number of carbonyl (C=O) groups is 1. The second-order valence-electron chi connectivity index (χ2n) is 5.46. The van der Waals surface area contributed by atoms with Crippen LogP contribution in [-0.4, -0.2) is 29.3 Å². The molecule has 0 saturated carbocycles. The third-order valence-electron chi connectivity index (χ3n) is 3.59. The minimum Gasteiger partial charge on any atom is -0.319 e. The normalized spacial score (nSPS) is 10.8. The van der Waals surface area contributed by atoms with E-state index in [9.17, 15) is 14.9 Å². The average molecular weight is 333 g/mol. The summed E-state index contributed by atoms with van der Waals surface area (Å²) in [4.78, 5) is 25.9. The number of anilines is 1. The van der Waals surface area contributed by atoms with Gasteiger partial charge >= 0.3 is 0 Å². The number of rotatable bonds is 6. The molecule has 0 fully saturated rings. The molecule has 7 heteroatoms. The van der Waals surface area contributed by atoms with Crippen LogP contribution in [0.4, 0.5) is 11.4 Å². The number of amides is 1. The molecule has 0 aliphatic heterocycles. The van der Waals surface area contributed by atoms with Crippen molar-refractivity contribution in [2.45, 2.75) is 20.4 Å². The maximum Gasteiger partial charge on any atom is 0.293 e. The highest BCUT2D eigenvalue weighted by atomic mass is 32.1. The third kappa shape index (κ3) is 4.37. The topological polar surface area (TPSA) is 75.5 Å². The fraction of sp³-hybridized carbons (Fsp3) is 0.312. The van der Waals surface area contributed by atoms with Crippen molar-refractivity contribution in [3.05, 3.63) is 55.8 Å². The number of carbonyl (C=O) groups excluding carboxylic acids is 1. The molecule has 0 saturated heterocycles. The average Bonchev–Trinajstić information content (AvgIpc) is 2.96. The van der Waals surface area contributed by atoms with Gasteiger partial charge in [-0.25, -0.2) is 0 Å². The van der Waals surface area contributed by atoms with Crippen LogP contribution in [0.5, 0.6) is 0 Å². The molecule has 6 nitrogen and oxygen atoms in total. The predicted octanol–water partition coefficient (Wildman–Crippen LogP) is 3.34. The molecule has 122 valence electrons. The molecule has 0 atom stereocenters. The smallest absolute Gasteiger partial charge is 0.293 e. The first kappa shape index (κ1) is 17.1. The van der Waals surface area contributed by atoms with Crippen molar-refractivity contribution in [2.24, 2.45) is 0 Å². The second-order valence-corrected chi connectivity index (χ2v) is 6.49. The molecule has 1 aromatic heterocycles. The van der Waals surface area contributed by atoms with Gasteiger partial charge in [-0.3, -0.25) is 19.8 Å². The summed E-state index contributed by atoms with van der Waals surface area (Å²) in [7, 11) is 1.84. The molecular weight excluding hydrogens is 314 g/mol. The van der Waals surface area contributed by atoms with Crippen LogP contribution in [0.15, 0.2) is 29.6 Å². The SMILES string of the molecule is Cc1ccc([N+](=O)[O-])c(NC(=O)CN(C)Cc2cccs2)c1C. The van der Waals surface area contributed by atoms with Gasteiger partial charge in [-0.05, 0) is 43.5 Å². The first-order valence-electron chi connectivity index (χ1n) is 7.14. The lowest BCUT2D eigenvalue weighted by Crippen LogP contribution is -2.30. The molecule has 0 aliphatic rings. The molecule has 0 spiro atoms. The van der Waals surface area contributed by atoms with E-state index in [1.165, 1.54) is 6.07 Å². The van der Waals surface area contributed by atoms with Crippen molar-refractivity contribution in [2.75, 3.05) is 18.9 Å². The summed E-state index contributed by atoms with van der Waals surface area (Å²) in [6.07, 6.45) is 0. The number of nitro groups is 1. The van der Waals surface area contributed by atoms with Gasteiger partial charge in [0.25, 0.3) is 5.69 Å². The van der Waals surface area contributed by atoms with Crippen LogP contribution in [0.25, 0.3) is 0 Å². The maximum atomic E-state index is 12.2. The third-order valence-corrected chi connectivity index (χ3v) is 4.46. The Morgan fingerprint density at radius 2 is 2.09 bits per heavy atom. The molecule has 1 heterocycles. The van der Waals surface area contributed by atoms with Gasteiger partial charge < -0.3 is 5.32 Å². The van der Waals surface area contributed by atoms with Crippen LogP contribution in [-0.2, 0) is 11.3 Å². The van der Waals surface area contributed by atoms with Gasteiger partial charge in [-0.2, -0.15) is 0 Å². The summed E-state index contributed by atoms with van der Waals surface area (Å²) < 4.78 is 0. The molecule has 0 aliphatic carbocycles. The zero-order chi connectivity index (χ0) is 17.0. The van der Waals surface area contributed by atoms with Crippen LogP contribution >= 0.6 is 11.3 Å². The second kappa shape index (κ2) is 7.34. The van der Waals surface area contributed by atoms with Gasteiger partial charge in [0.05, 0.1) is 11.5 Å². The number of hydrogen-bond acceptors (Lipinski definition) is 5. The molecule has 0 bridgehead atoms. The molecular formula is C16H19N3O3S. The highest BCUT2D eigenvalue weighted by Gasteiger charge is 2.20. The largest absolute Gasteiger partial charge is 0.319 e. The zero-order valence-electron chi connectivity index (χ0n) is 13.3. The number of nitro benzene ring substituents is 1. The van der Waals surface area contributed by atoms with Gasteiger partial charge in [-0.15, -0.1) is 11.3 Å². The van der Waals surface area contributed by atoms with Crippen LogP contribution in [0, 0.1) is 24.0 Å². The number of likely N-dealkylation sites (N-methyl/N-ethyl adjacent to an activating group) is 1. The monoisotopic (exact) mass is 333 g/mol. The standard InChI is InChI=1S/C16H19N3O3S/c1-11-6-7-14(19(21)22)16(12(11)2)17-15(20)10-18(3)9-13-5-4-8-23-13/h4-8H,9-10H2,1-3H3,(H,17,20). The van der Waals surface area contributed by atoms with E-state index in [4.69, 9.17) is 0 Å². The Bertz CT molecular complexity index is 714. The van der Waals surface area contributed by atoms with E-state index < -0.39 is 4.92 Å². The Kier molecular flexibility index (Phi) is 5.46. The van der Waals surface area contributed by atoms with E-state index in [-0.39, 0.29) is 23.8 Å². The Morgan fingerprint density at radius 3 is 2.70 bits per heavy atom. The lowest BCUT2D eigenvalue weighted by atomic mass is 10.1. The van der Waals surface area contributed by atoms with Gasteiger partial charge in [-0.1, -0.05) is 12.1 Å². The van der Waals surface area contributed by atoms with E-state index in [1.54, 1.807) is 24.3 Å². The number of thiophene rings is 1. The summed E-state index contributed by atoms with van der Waals surface area (Å²) in [5.41, 5.74) is 1.82. The van der Waals surface area contributed by atoms with Crippen LogP contribution in [0.1, 0.15) is 16.0 Å². The van der Waals surface area contributed by atoms with Gasteiger partial charge in [0.15, 0.2) is 0 Å². The minimum absolute atomic E-state index is 0.0811. The van der Waals surface area contributed by atoms with Crippen molar-refractivity contribution in [1.29, 1.82) is 0 Å². The number of hydrogen-bond donors (Lipinski definition) is 1. The first-order chi connectivity index (χ1) is 10.9. The van der Waals surface area contributed by atoms with Crippen LogP contribution in [0.3, 0.4) is 0 Å². The summed E-state index contributed by atoms with van der Waals surface area (Å²) in [5.74, 6) is -0.263. The van der Waals surface area contributed by atoms with Gasteiger partial charge in [0.1, 0.15) is 5.69 Å². The van der Waals surface area contributed by atoms with E-state index in [1.807, 2.05) is 36.4 Å². The number of aryl methyl sites for hydroxylation is 1. The highest BCUT2D eigenvalue weighted by Crippen LogP contribution is 2.30. The van der Waals surface area contributed by atoms with Crippen LogP contribution in [0.2, 0.25) is 0 Å². The summed E-state index contributed by atoms with van der Waals surface area (Å²) in [6.45, 7) is 4.47. The highest BCUT2D eigenvalue weighted by molar-refractivity contribution is 7.09. The van der Waals surface area contributed by atoms with E-state index >= 15 is 0 Å². The van der Waals surface area contributed by atoms with E-state index in [0.29, 0.717) is 12.1 Å². The number of benzene rings is 1. The Hall–Kier alpha value is -2.25. The number of nitrogens with zero attached hydrogens (tertiary/aromatic N) is 2. The molecule has 2 rings (SSSR count). The number of nitrogens with one attached hydrogen (secondary N) is 1. The molecule has 0 radical (unpaired) electrons. The molecule has 0 unspecified atom stereocenters. The van der Waals surface area contributed by atoms with Crippen molar-refractivity contribution < 1.29 is 9.72 Å². The maximum absolute atomic E-state index is 12.2. The molecule has 1 amide bonds. The van der Waals surface area contributed by atoms with Crippen molar-refractivity contribution in [1.82, 2.24) is 4.90 Å². The summed E-state index contributed by atoms with van der Waals surface area (Å²) >= 11 is 1.63. The fourth-order valence-corrected chi connectivity index (χ4v) is 3.04. The van der Waals surface area contributed by atoms with E-state index in [0.717, 1.165) is 10.4 Å². The van der Waals surface area contributed by atoms with Crippen molar-refractivity contribution in [3.8, 4) is 0 Å². The molecule has 23 heavy (non-hydrogen) atoms. The molecule has 1 N–H and O–H groups in total. The van der Waals surface area contributed by atoms with Crippen molar-refractivity contribution >= 4 is 28.6 Å². The Balaban J connectivity index is 2.08. The van der Waals surface area contributed by atoms with E-state index in [2.05, 4.69) is 5.32 Å². The minimum atomic E-state index is -0.475. The first-order valence-corrected chi connectivity index (χ1v) is 8.02. The summed E-state index contributed by atoms with van der Waals surface area (Å²) in [6, 6.07) is 7.08. The van der Waals surface area contributed by atoms with Gasteiger partial charge in [0.2, 0.25) is 5.91 Å². The Labute approximate surface area is 138 Å². The Morgan fingerprint density at radius 1 is 1.35 bits per heavy atom. The quantitative estimate of drug-likeness (QED) is 0.650. The van der Waals surface area contributed by atoms with Gasteiger partial charge in [0, 0.05) is 17.5 Å². The molecule has 2 aromatic rings.